The number of hydrogen-bond acceptors (Lipinski definition) is 5. The van der Waals surface area contributed by atoms with Crippen molar-refractivity contribution in [1.29, 1.82) is 0 Å². The van der Waals surface area contributed by atoms with Crippen LogP contribution in [-0.4, -0.2) is 29.6 Å². The Kier molecular flexibility index (Phi) is 6.41. The molecule has 2 aromatic carbocycles. The van der Waals surface area contributed by atoms with E-state index in [1.54, 1.807) is 24.3 Å². The van der Waals surface area contributed by atoms with Gasteiger partial charge >= 0.3 is 6.61 Å². The number of halogens is 2. The summed E-state index contributed by atoms with van der Waals surface area (Å²) in [5.41, 5.74) is 1.53. The third-order valence-corrected chi connectivity index (χ3v) is 4.19. The SMILES string of the molecule is CCc1cc(=O)[nH]c(-c2cccc(NC(=O)c3ccc(OC)c(OC(F)F)c3)c2)n1. The standard InChI is InChI=1S/C21H19F2N3O4/c1-3-14-11-18(27)26-19(24-14)12-5-4-6-15(9-12)25-20(28)13-7-8-16(29-2)17(10-13)30-21(22)23/h4-11,21H,3H2,1-2H3,(H,25,28)(H,24,26,27). The van der Waals surface area contributed by atoms with Gasteiger partial charge in [-0.15, -0.1) is 0 Å². The molecule has 0 fully saturated rings. The first-order chi connectivity index (χ1) is 14.4. The fourth-order valence-corrected chi connectivity index (χ4v) is 2.78. The highest BCUT2D eigenvalue weighted by atomic mass is 19.3. The molecule has 0 spiro atoms. The molecule has 9 heteroatoms. The zero-order chi connectivity index (χ0) is 21.7. The minimum atomic E-state index is -3.05. The second-order valence-electron chi connectivity index (χ2n) is 6.22. The third kappa shape index (κ3) is 4.99. The largest absolute Gasteiger partial charge is 0.493 e. The summed E-state index contributed by atoms with van der Waals surface area (Å²) in [5.74, 6) is -0.308. The van der Waals surface area contributed by atoms with Gasteiger partial charge < -0.3 is 19.8 Å². The summed E-state index contributed by atoms with van der Waals surface area (Å²) in [4.78, 5) is 31.5. The first-order valence-corrected chi connectivity index (χ1v) is 9.04. The number of rotatable bonds is 7. The number of benzene rings is 2. The van der Waals surface area contributed by atoms with Crippen molar-refractivity contribution in [3.05, 3.63) is 70.1 Å². The quantitative estimate of drug-likeness (QED) is 0.611. The van der Waals surface area contributed by atoms with E-state index in [0.717, 1.165) is 0 Å². The number of nitrogens with one attached hydrogen (secondary N) is 2. The van der Waals surface area contributed by atoms with Gasteiger partial charge in [-0.05, 0) is 36.8 Å². The van der Waals surface area contributed by atoms with Gasteiger partial charge in [-0.25, -0.2) is 4.98 Å². The highest BCUT2D eigenvalue weighted by Gasteiger charge is 2.15. The summed E-state index contributed by atoms with van der Waals surface area (Å²) >= 11 is 0. The Hall–Kier alpha value is -3.75. The molecule has 3 rings (SSSR count). The Balaban J connectivity index is 1.85. The molecule has 0 atom stereocenters. The van der Waals surface area contributed by atoms with E-state index in [1.807, 2.05) is 6.92 Å². The van der Waals surface area contributed by atoms with E-state index in [2.05, 4.69) is 20.0 Å². The van der Waals surface area contributed by atoms with Gasteiger partial charge in [-0.3, -0.25) is 9.59 Å². The molecule has 1 amide bonds. The maximum atomic E-state index is 12.6. The maximum absolute atomic E-state index is 12.6. The summed E-state index contributed by atoms with van der Waals surface area (Å²) in [7, 11) is 1.31. The fourth-order valence-electron chi connectivity index (χ4n) is 2.78. The van der Waals surface area contributed by atoms with Crippen molar-refractivity contribution in [3.63, 3.8) is 0 Å². The van der Waals surface area contributed by atoms with E-state index in [9.17, 15) is 18.4 Å². The van der Waals surface area contributed by atoms with Crippen LogP contribution >= 0.6 is 0 Å². The van der Waals surface area contributed by atoms with Crippen molar-refractivity contribution >= 4 is 11.6 Å². The lowest BCUT2D eigenvalue weighted by atomic mass is 10.1. The predicted molar refractivity (Wildman–Crippen MR) is 107 cm³/mol. The van der Waals surface area contributed by atoms with Gasteiger partial charge in [0, 0.05) is 28.6 Å². The number of alkyl halides is 2. The van der Waals surface area contributed by atoms with Crippen molar-refractivity contribution in [3.8, 4) is 22.9 Å². The van der Waals surface area contributed by atoms with Crippen LogP contribution in [0.25, 0.3) is 11.4 Å². The van der Waals surface area contributed by atoms with Crippen LogP contribution in [0.4, 0.5) is 14.5 Å². The molecule has 0 unspecified atom stereocenters. The molecule has 1 aromatic heterocycles. The predicted octanol–water partition coefficient (Wildman–Crippen LogP) is 3.86. The Morgan fingerprint density at radius 2 is 1.97 bits per heavy atom. The summed E-state index contributed by atoms with van der Waals surface area (Å²) in [6.07, 6.45) is 0.605. The lowest BCUT2D eigenvalue weighted by Crippen LogP contribution is -2.13. The molecule has 2 N–H and O–H groups in total. The Morgan fingerprint density at radius 1 is 1.17 bits per heavy atom. The van der Waals surface area contributed by atoms with Crippen LogP contribution in [0.15, 0.2) is 53.3 Å². The van der Waals surface area contributed by atoms with Gasteiger partial charge in [0.25, 0.3) is 11.5 Å². The van der Waals surface area contributed by atoms with Gasteiger partial charge in [0.05, 0.1) is 7.11 Å². The number of methoxy groups -OCH3 is 1. The average molecular weight is 415 g/mol. The number of carbonyl (C=O) groups excluding carboxylic acids is 1. The fraction of sp³-hybridized carbons (Fsp3) is 0.190. The minimum absolute atomic E-state index is 0.0830. The molecule has 1 heterocycles. The third-order valence-electron chi connectivity index (χ3n) is 4.19. The Morgan fingerprint density at radius 3 is 2.67 bits per heavy atom. The van der Waals surface area contributed by atoms with E-state index >= 15 is 0 Å². The van der Waals surface area contributed by atoms with Crippen LogP contribution in [0, 0.1) is 0 Å². The first-order valence-electron chi connectivity index (χ1n) is 9.04. The molecular weight excluding hydrogens is 396 g/mol. The lowest BCUT2D eigenvalue weighted by molar-refractivity contribution is -0.0512. The smallest absolute Gasteiger partial charge is 0.387 e. The van der Waals surface area contributed by atoms with Crippen LogP contribution < -0.4 is 20.3 Å². The average Bonchev–Trinajstić information content (AvgIpc) is 2.73. The molecule has 0 aliphatic rings. The highest BCUT2D eigenvalue weighted by Crippen LogP contribution is 2.30. The first kappa shape index (κ1) is 21.0. The van der Waals surface area contributed by atoms with Gasteiger partial charge in [0.15, 0.2) is 11.5 Å². The topological polar surface area (TPSA) is 93.3 Å². The number of carbonyl (C=O) groups is 1. The normalized spacial score (nSPS) is 10.7. The molecular formula is C21H19F2N3O4. The van der Waals surface area contributed by atoms with Gasteiger partial charge in [-0.1, -0.05) is 19.1 Å². The number of aromatic nitrogens is 2. The molecule has 0 bridgehead atoms. The molecule has 30 heavy (non-hydrogen) atoms. The van der Waals surface area contributed by atoms with Crippen molar-refractivity contribution in [1.82, 2.24) is 9.97 Å². The molecule has 3 aromatic rings. The summed E-state index contributed by atoms with van der Waals surface area (Å²) in [5, 5.41) is 2.69. The Labute approximate surface area is 170 Å². The van der Waals surface area contributed by atoms with Crippen LogP contribution in [0.2, 0.25) is 0 Å². The van der Waals surface area contributed by atoms with E-state index < -0.39 is 12.5 Å². The molecule has 0 radical (unpaired) electrons. The molecule has 0 aliphatic carbocycles. The van der Waals surface area contributed by atoms with Crippen molar-refractivity contribution in [2.75, 3.05) is 12.4 Å². The number of anilines is 1. The zero-order valence-electron chi connectivity index (χ0n) is 16.2. The number of ether oxygens (including phenoxy) is 2. The van der Waals surface area contributed by atoms with Crippen molar-refractivity contribution in [2.24, 2.45) is 0 Å². The number of nitrogens with zero attached hydrogens (tertiary/aromatic N) is 1. The van der Waals surface area contributed by atoms with E-state index in [4.69, 9.17) is 4.74 Å². The maximum Gasteiger partial charge on any atom is 0.387 e. The summed E-state index contributed by atoms with van der Waals surface area (Å²) in [6.45, 7) is -1.16. The van der Waals surface area contributed by atoms with Crippen LogP contribution in [-0.2, 0) is 6.42 Å². The van der Waals surface area contributed by atoms with Crippen molar-refractivity contribution in [2.45, 2.75) is 20.0 Å². The molecule has 0 saturated heterocycles. The van der Waals surface area contributed by atoms with E-state index in [1.165, 1.54) is 31.4 Å². The van der Waals surface area contributed by atoms with Gasteiger partial charge in [0.1, 0.15) is 5.82 Å². The minimum Gasteiger partial charge on any atom is -0.493 e. The monoisotopic (exact) mass is 415 g/mol. The second kappa shape index (κ2) is 9.17. The van der Waals surface area contributed by atoms with Crippen LogP contribution in [0.5, 0.6) is 11.5 Å². The number of amides is 1. The van der Waals surface area contributed by atoms with Gasteiger partial charge in [0.2, 0.25) is 0 Å². The van der Waals surface area contributed by atoms with Crippen LogP contribution in [0.1, 0.15) is 23.0 Å². The number of H-pyrrole nitrogens is 1. The zero-order valence-corrected chi connectivity index (χ0v) is 16.2. The van der Waals surface area contributed by atoms with Crippen LogP contribution in [0.3, 0.4) is 0 Å². The Bertz CT molecular complexity index is 1120. The molecule has 7 nitrogen and oxygen atoms in total. The van der Waals surface area contributed by atoms with Gasteiger partial charge in [-0.2, -0.15) is 8.78 Å². The van der Waals surface area contributed by atoms with E-state index in [0.29, 0.717) is 29.2 Å². The van der Waals surface area contributed by atoms with E-state index in [-0.39, 0.29) is 22.6 Å². The summed E-state index contributed by atoms with van der Waals surface area (Å²) < 4.78 is 34.6. The lowest BCUT2D eigenvalue weighted by Gasteiger charge is -2.12. The number of aromatic amines is 1. The molecule has 0 saturated carbocycles. The number of aryl methyl sites for hydroxylation is 1. The second-order valence-corrected chi connectivity index (χ2v) is 6.22. The molecule has 156 valence electrons. The number of hydrogen-bond donors (Lipinski definition) is 2. The molecule has 0 aliphatic heterocycles. The highest BCUT2D eigenvalue weighted by molar-refractivity contribution is 6.04. The summed E-state index contributed by atoms with van der Waals surface area (Å²) in [6, 6.07) is 12.1. The van der Waals surface area contributed by atoms with Crippen molar-refractivity contribution < 1.29 is 23.0 Å².